The molecule has 3 heteroatoms. The second kappa shape index (κ2) is 4.17. The van der Waals surface area contributed by atoms with Gasteiger partial charge in [0.05, 0.1) is 0 Å². The number of para-hydroxylation sites is 1. The van der Waals surface area contributed by atoms with Crippen LogP contribution in [0.3, 0.4) is 0 Å². The van der Waals surface area contributed by atoms with Gasteiger partial charge in [0.25, 0.3) is 0 Å². The van der Waals surface area contributed by atoms with Crippen molar-refractivity contribution in [1.82, 2.24) is 0 Å². The van der Waals surface area contributed by atoms with Crippen molar-refractivity contribution < 1.29 is 32.8 Å². The van der Waals surface area contributed by atoms with E-state index in [4.69, 9.17) is 5.11 Å². The molecule has 0 bridgehead atoms. The van der Waals surface area contributed by atoms with E-state index >= 15 is 0 Å². The van der Waals surface area contributed by atoms with E-state index in [1.807, 2.05) is 6.07 Å². The van der Waals surface area contributed by atoms with Gasteiger partial charge in [0, 0.05) is 32.6 Å². The van der Waals surface area contributed by atoms with Crippen LogP contribution in [-0.2, 0) is 27.7 Å². The zero-order valence-electron chi connectivity index (χ0n) is 4.91. The summed E-state index contributed by atoms with van der Waals surface area (Å²) in [6, 6.07) is 6.91. The topological polar surface area (TPSA) is 20.2 Å². The molecule has 44 valence electrons. The number of hydrogen-bond acceptors (Lipinski definition) is 2. The average Bonchev–Trinajstić information content (AvgIpc) is 1.77. The summed E-state index contributed by atoms with van der Waals surface area (Å²) in [4.78, 5) is 0.618. The maximum absolute atomic E-state index is 8.84. The molecule has 1 aromatic carbocycles. The number of phenols is 1. The Labute approximate surface area is 80.0 Å². The fraction of sp³-hybridized carbons (Fsp3) is 0. The van der Waals surface area contributed by atoms with Gasteiger partial charge in [0.2, 0.25) is 0 Å². The van der Waals surface area contributed by atoms with Gasteiger partial charge in [-0.2, -0.15) is 0 Å². The van der Waals surface area contributed by atoms with Crippen LogP contribution < -0.4 is 0 Å². The van der Waals surface area contributed by atoms with Crippen LogP contribution in [0.25, 0.3) is 0 Å². The Kier molecular flexibility index (Phi) is 4.31. The van der Waals surface area contributed by atoms with Crippen molar-refractivity contribution in [3.8, 4) is 5.75 Å². The largest absolute Gasteiger partial charge is 0.507 e. The van der Waals surface area contributed by atoms with E-state index in [9.17, 15) is 0 Å². The molecule has 0 atom stereocenters. The van der Waals surface area contributed by atoms with E-state index in [1.54, 1.807) is 18.2 Å². The first-order valence-corrected chi connectivity index (χ1v) is 2.72. The summed E-state index contributed by atoms with van der Waals surface area (Å²) in [5.41, 5.74) is 0. The summed E-state index contributed by atoms with van der Waals surface area (Å²) in [7, 11) is 0. The predicted octanol–water partition coefficient (Wildman–Crippen LogP) is 1.68. The maximum atomic E-state index is 8.84. The van der Waals surface area contributed by atoms with Gasteiger partial charge in [-0.15, -0.1) is 12.6 Å². The van der Waals surface area contributed by atoms with E-state index in [0.717, 1.165) is 0 Å². The van der Waals surface area contributed by atoms with Gasteiger partial charge in [-0.25, -0.2) is 0 Å². The van der Waals surface area contributed by atoms with Crippen LogP contribution in [0.4, 0.5) is 0 Å². The second-order valence-electron chi connectivity index (χ2n) is 1.49. The molecule has 0 spiro atoms. The minimum Gasteiger partial charge on any atom is -0.507 e. The van der Waals surface area contributed by atoms with Gasteiger partial charge in [0.15, 0.2) is 0 Å². The van der Waals surface area contributed by atoms with Crippen molar-refractivity contribution in [2.75, 3.05) is 0 Å². The second-order valence-corrected chi connectivity index (χ2v) is 1.97. The molecule has 0 fully saturated rings. The van der Waals surface area contributed by atoms with Gasteiger partial charge in [-0.3, -0.25) is 0 Å². The van der Waals surface area contributed by atoms with Crippen molar-refractivity contribution in [3.05, 3.63) is 24.3 Å². The zero-order chi connectivity index (χ0) is 5.98. The van der Waals surface area contributed by atoms with Crippen molar-refractivity contribution in [1.29, 1.82) is 0 Å². The summed E-state index contributed by atoms with van der Waals surface area (Å²) in [6.07, 6.45) is 0. The van der Waals surface area contributed by atoms with Gasteiger partial charge < -0.3 is 5.11 Å². The molecule has 0 aliphatic heterocycles. The number of benzene rings is 1. The van der Waals surface area contributed by atoms with Crippen molar-refractivity contribution in [2.24, 2.45) is 0 Å². The minimum atomic E-state index is 0. The molecule has 0 heterocycles. The number of rotatable bonds is 0. The van der Waals surface area contributed by atoms with Crippen LogP contribution in [0.2, 0.25) is 0 Å². The average molecular weight is 327 g/mol. The molecule has 0 radical (unpaired) electrons. The van der Waals surface area contributed by atoms with Crippen molar-refractivity contribution >= 4 is 12.6 Å². The van der Waals surface area contributed by atoms with Crippen LogP contribution in [0.1, 0.15) is 0 Å². The Hall–Kier alpha value is 0.305. The fourth-order valence-electron chi connectivity index (χ4n) is 0.464. The number of phenolic OH excluding ortho intramolecular Hbond substituents is 1. The van der Waals surface area contributed by atoms with E-state index < -0.39 is 0 Å². The summed E-state index contributed by atoms with van der Waals surface area (Å²) >= 11 is 3.95. The smallest absolute Gasteiger partial charge is 0.128 e. The first-order valence-electron chi connectivity index (χ1n) is 2.27. The molecule has 0 aromatic heterocycles. The molecule has 1 N–H and O–H groups in total. The summed E-state index contributed by atoms with van der Waals surface area (Å²) in [6.45, 7) is 0. The Bertz CT molecular complexity index is 169. The fourth-order valence-corrected chi connectivity index (χ4v) is 0.625. The molecule has 0 saturated carbocycles. The quantitative estimate of drug-likeness (QED) is 0.549. The molecular formula is C6H6HgOS. The standard InChI is InChI=1S/C6H6OS.Hg/c7-5-3-1-2-4-6(5)8;/h1-4,7-8H;. The zero-order valence-corrected chi connectivity index (χ0v) is 11.3. The Balaban J connectivity index is 0.000000640. The van der Waals surface area contributed by atoms with Gasteiger partial charge in [0.1, 0.15) is 5.75 Å². The molecule has 1 nitrogen and oxygen atoms in total. The van der Waals surface area contributed by atoms with Gasteiger partial charge in [-0.1, -0.05) is 12.1 Å². The molecule has 1 rings (SSSR count). The van der Waals surface area contributed by atoms with Crippen LogP contribution in [-0.4, -0.2) is 5.11 Å². The summed E-state index contributed by atoms with van der Waals surface area (Å²) < 4.78 is 0. The third-order valence-corrected chi connectivity index (χ3v) is 1.26. The number of aromatic hydroxyl groups is 1. The SMILES string of the molecule is Oc1ccccc1S.[Hg]. The molecule has 0 aliphatic carbocycles. The van der Waals surface area contributed by atoms with Crippen LogP contribution in [0.5, 0.6) is 5.75 Å². The first kappa shape index (κ1) is 9.31. The van der Waals surface area contributed by atoms with Crippen molar-refractivity contribution in [3.63, 3.8) is 0 Å². The summed E-state index contributed by atoms with van der Waals surface area (Å²) in [5, 5.41) is 8.84. The van der Waals surface area contributed by atoms with E-state index in [-0.39, 0.29) is 33.4 Å². The van der Waals surface area contributed by atoms with Gasteiger partial charge >= 0.3 is 0 Å². The number of hydrogen-bond donors (Lipinski definition) is 2. The maximum Gasteiger partial charge on any atom is 0.128 e. The monoisotopic (exact) mass is 328 g/mol. The molecular weight excluding hydrogens is 321 g/mol. The third kappa shape index (κ3) is 2.58. The molecule has 0 unspecified atom stereocenters. The number of thiol groups is 1. The molecule has 0 amide bonds. The summed E-state index contributed by atoms with van der Waals surface area (Å²) in [5.74, 6) is 0.232. The minimum absolute atomic E-state index is 0. The van der Waals surface area contributed by atoms with E-state index in [1.165, 1.54) is 0 Å². The van der Waals surface area contributed by atoms with Crippen molar-refractivity contribution in [2.45, 2.75) is 4.90 Å². The molecule has 9 heavy (non-hydrogen) atoms. The molecule has 0 saturated heterocycles. The normalized spacial score (nSPS) is 8.11. The van der Waals surface area contributed by atoms with E-state index in [0.29, 0.717) is 4.90 Å². The van der Waals surface area contributed by atoms with Gasteiger partial charge in [-0.05, 0) is 12.1 Å². The Morgan fingerprint density at radius 1 is 1.22 bits per heavy atom. The predicted molar refractivity (Wildman–Crippen MR) is 35.4 cm³/mol. The third-order valence-electron chi connectivity index (χ3n) is 0.882. The van der Waals surface area contributed by atoms with E-state index in [2.05, 4.69) is 12.6 Å². The van der Waals surface area contributed by atoms with Crippen LogP contribution in [0.15, 0.2) is 29.2 Å². The van der Waals surface area contributed by atoms with Crippen LogP contribution in [0, 0.1) is 0 Å². The molecule has 1 aromatic rings. The Morgan fingerprint density at radius 2 is 1.78 bits per heavy atom. The first-order chi connectivity index (χ1) is 3.80. The van der Waals surface area contributed by atoms with Crippen LogP contribution >= 0.6 is 12.6 Å². The Morgan fingerprint density at radius 3 is 2.11 bits per heavy atom. The molecule has 0 aliphatic rings.